The van der Waals surface area contributed by atoms with Gasteiger partial charge in [0.05, 0.1) is 7.11 Å². The van der Waals surface area contributed by atoms with Crippen LogP contribution in [0.5, 0.6) is 11.5 Å². The van der Waals surface area contributed by atoms with Gasteiger partial charge in [0.25, 0.3) is 0 Å². The van der Waals surface area contributed by atoms with E-state index in [2.05, 4.69) is 51.6 Å². The first-order valence-corrected chi connectivity index (χ1v) is 9.44. The zero-order valence-corrected chi connectivity index (χ0v) is 16.1. The molecule has 2 aromatic rings. The molecule has 2 aromatic carbocycles. The van der Waals surface area contributed by atoms with Gasteiger partial charge >= 0.3 is 0 Å². The molecule has 0 fully saturated rings. The van der Waals surface area contributed by atoms with E-state index in [9.17, 15) is 5.11 Å². The first-order chi connectivity index (χ1) is 11.0. The second-order valence-electron chi connectivity index (χ2n) is 5.93. The van der Waals surface area contributed by atoms with Gasteiger partial charge in [-0.15, -0.1) is 0 Å². The molecule has 1 N–H and O–H groups in total. The molecule has 0 bridgehead atoms. The number of thiol groups is 1. The fraction of sp³-hybridized carbons (Fsp3) is 0.368. The third-order valence-electron chi connectivity index (χ3n) is 4.45. The molecule has 2 nitrogen and oxygen atoms in total. The van der Waals surface area contributed by atoms with E-state index in [0.717, 1.165) is 17.7 Å². The van der Waals surface area contributed by atoms with Crippen LogP contribution in [0.4, 0.5) is 0 Å². The molecule has 2 unspecified atom stereocenters. The van der Waals surface area contributed by atoms with E-state index < -0.39 is 0 Å². The van der Waals surface area contributed by atoms with E-state index in [4.69, 9.17) is 4.74 Å². The Labute approximate surface area is 146 Å². The number of ether oxygens (including phenoxy) is 1. The van der Waals surface area contributed by atoms with Crippen molar-refractivity contribution in [1.82, 2.24) is 0 Å². The summed E-state index contributed by atoms with van der Waals surface area (Å²) in [6, 6.07) is 12.1. The Balaban J connectivity index is 2.51. The van der Waals surface area contributed by atoms with E-state index in [1.54, 1.807) is 13.2 Å². The summed E-state index contributed by atoms with van der Waals surface area (Å²) in [4.78, 5) is 0. The van der Waals surface area contributed by atoms with Gasteiger partial charge in [-0.25, -0.2) is 0 Å². The van der Waals surface area contributed by atoms with Gasteiger partial charge in [-0.2, -0.15) is 12.6 Å². The number of aryl methyl sites for hydroxylation is 1. The predicted molar refractivity (Wildman–Crippen MR) is 104 cm³/mol. The Hall–Kier alpha value is -1.18. The topological polar surface area (TPSA) is 29.5 Å². The van der Waals surface area contributed by atoms with Crippen LogP contribution in [-0.2, 0) is 10.9 Å². The highest BCUT2D eigenvalue weighted by atomic mass is 32.1. The normalized spacial score (nSPS) is 14.1. The Morgan fingerprint density at radius 3 is 2.52 bits per heavy atom. The van der Waals surface area contributed by atoms with Crippen molar-refractivity contribution in [1.29, 1.82) is 0 Å². The molecule has 0 saturated heterocycles. The van der Waals surface area contributed by atoms with Crippen LogP contribution < -0.4 is 10.0 Å². The van der Waals surface area contributed by atoms with Crippen LogP contribution in [0, 0.1) is 6.92 Å². The van der Waals surface area contributed by atoms with E-state index in [1.165, 1.54) is 16.4 Å². The molecule has 2 rings (SSSR count). The molecule has 0 aliphatic rings. The molecule has 0 aromatic heterocycles. The van der Waals surface area contributed by atoms with Gasteiger partial charge in [-0.3, -0.25) is 0 Å². The quantitative estimate of drug-likeness (QED) is 0.582. The molecular weight excluding hydrogens is 323 g/mol. The minimum atomic E-state index is -0.136. The Morgan fingerprint density at radius 2 is 1.91 bits per heavy atom. The summed E-state index contributed by atoms with van der Waals surface area (Å²) in [5.41, 5.74) is 3.51. The van der Waals surface area contributed by atoms with E-state index in [1.807, 2.05) is 12.1 Å². The second kappa shape index (κ2) is 7.59. The average molecular weight is 348 g/mol. The summed E-state index contributed by atoms with van der Waals surface area (Å²) in [7, 11) is 2.15. The molecule has 4 heteroatoms. The van der Waals surface area contributed by atoms with Crippen molar-refractivity contribution < 1.29 is 9.84 Å². The molecule has 0 radical (unpaired) electrons. The molecule has 0 aliphatic heterocycles. The van der Waals surface area contributed by atoms with Crippen LogP contribution in [0.2, 0.25) is 0 Å². The highest BCUT2D eigenvalue weighted by molar-refractivity contribution is 7.79. The van der Waals surface area contributed by atoms with Crippen LogP contribution in [0.15, 0.2) is 36.4 Å². The van der Waals surface area contributed by atoms with Crippen molar-refractivity contribution in [2.75, 3.05) is 7.11 Å². The number of hydrogen-bond donors (Lipinski definition) is 2. The zero-order valence-electron chi connectivity index (χ0n) is 14.2. The second-order valence-corrected chi connectivity index (χ2v) is 8.10. The Morgan fingerprint density at radius 1 is 1.22 bits per heavy atom. The molecule has 0 aliphatic carbocycles. The van der Waals surface area contributed by atoms with Gasteiger partial charge in [0.15, 0.2) is 11.5 Å². The van der Waals surface area contributed by atoms with Crippen LogP contribution in [0.3, 0.4) is 0 Å². The van der Waals surface area contributed by atoms with E-state index >= 15 is 0 Å². The van der Waals surface area contributed by atoms with Gasteiger partial charge in [-0.1, -0.05) is 52.8 Å². The fourth-order valence-corrected chi connectivity index (χ4v) is 4.88. The molecule has 0 heterocycles. The first-order valence-electron chi connectivity index (χ1n) is 7.80. The third kappa shape index (κ3) is 3.67. The van der Waals surface area contributed by atoms with Gasteiger partial charge < -0.3 is 9.84 Å². The molecule has 0 amide bonds. The maximum absolute atomic E-state index is 10.6. The molecule has 0 saturated carbocycles. The number of hydrogen-bond acceptors (Lipinski definition) is 3. The van der Waals surface area contributed by atoms with Gasteiger partial charge in [0, 0.05) is 16.5 Å². The van der Waals surface area contributed by atoms with Gasteiger partial charge in [0.1, 0.15) is 0 Å². The molecule has 124 valence electrons. The maximum Gasteiger partial charge on any atom is 0.161 e. The Bertz CT molecular complexity index is 687. The summed E-state index contributed by atoms with van der Waals surface area (Å²) < 4.78 is 5.28. The van der Waals surface area contributed by atoms with Crippen molar-refractivity contribution in [3.63, 3.8) is 0 Å². The lowest BCUT2D eigenvalue weighted by atomic mass is 9.96. The highest BCUT2D eigenvalue weighted by Gasteiger charge is 2.30. The number of aromatic hydroxyl groups is 1. The van der Waals surface area contributed by atoms with Crippen molar-refractivity contribution >= 4 is 26.5 Å². The number of methoxy groups -OCH3 is 1. The average Bonchev–Trinajstić information content (AvgIpc) is 2.56. The number of para-hydroxylation sites is 1. The zero-order chi connectivity index (χ0) is 17.0. The lowest BCUT2D eigenvalue weighted by Crippen LogP contribution is -2.21. The predicted octanol–water partition coefficient (Wildman–Crippen LogP) is 4.77. The number of benzene rings is 2. The van der Waals surface area contributed by atoms with Crippen molar-refractivity contribution in [3.8, 4) is 11.5 Å². The monoisotopic (exact) mass is 348 g/mol. The van der Waals surface area contributed by atoms with Crippen LogP contribution in [0.25, 0.3) is 0 Å². The molecular formula is C19H25O2PS. The standard InChI is InChI=1S/C19H25O2PS/c1-5-19(3,15-10-7-11-16(21-4)17(15)20)22-18-13(2)8-6-9-14(18)12-23/h6-11,20,22-23H,5,12H2,1-4H3. The van der Waals surface area contributed by atoms with Crippen LogP contribution >= 0.6 is 21.2 Å². The van der Waals surface area contributed by atoms with Gasteiger partial charge in [-0.05, 0) is 35.8 Å². The number of rotatable bonds is 6. The van der Waals surface area contributed by atoms with Crippen molar-refractivity contribution in [2.45, 2.75) is 38.1 Å². The summed E-state index contributed by atoms with van der Waals surface area (Å²) in [5.74, 6) is 1.52. The molecule has 2 atom stereocenters. The van der Waals surface area contributed by atoms with Gasteiger partial charge in [0.2, 0.25) is 0 Å². The lowest BCUT2D eigenvalue weighted by molar-refractivity contribution is 0.367. The first kappa shape index (κ1) is 18.2. The summed E-state index contributed by atoms with van der Waals surface area (Å²) >= 11 is 4.48. The van der Waals surface area contributed by atoms with E-state index in [0.29, 0.717) is 14.3 Å². The van der Waals surface area contributed by atoms with Crippen molar-refractivity contribution in [3.05, 3.63) is 53.1 Å². The number of phenolic OH excluding ortho intramolecular Hbond substituents is 1. The molecule has 0 spiro atoms. The maximum atomic E-state index is 10.6. The fourth-order valence-electron chi connectivity index (χ4n) is 2.79. The van der Waals surface area contributed by atoms with Crippen molar-refractivity contribution in [2.24, 2.45) is 0 Å². The lowest BCUT2D eigenvalue weighted by Gasteiger charge is -2.31. The minimum Gasteiger partial charge on any atom is -0.504 e. The SMILES string of the molecule is CCC(C)(Pc1c(C)cccc1CS)c1cccc(OC)c1O. The number of phenols is 1. The third-order valence-corrected chi connectivity index (χ3v) is 6.93. The van der Waals surface area contributed by atoms with Crippen LogP contribution in [-0.4, -0.2) is 12.2 Å². The molecule has 23 heavy (non-hydrogen) atoms. The minimum absolute atomic E-state index is 0.136. The van der Waals surface area contributed by atoms with Crippen LogP contribution in [0.1, 0.15) is 37.0 Å². The largest absolute Gasteiger partial charge is 0.504 e. The van der Waals surface area contributed by atoms with E-state index in [-0.39, 0.29) is 10.9 Å². The summed E-state index contributed by atoms with van der Waals surface area (Å²) in [5, 5.41) is 11.8. The summed E-state index contributed by atoms with van der Waals surface area (Å²) in [6.45, 7) is 6.54. The highest BCUT2D eigenvalue weighted by Crippen LogP contribution is 2.49. The summed E-state index contributed by atoms with van der Waals surface area (Å²) in [6.07, 6.45) is 0.937. The smallest absolute Gasteiger partial charge is 0.161 e. The Kier molecular flexibility index (Phi) is 6.00.